The second-order valence-corrected chi connectivity index (χ2v) is 4.07. The molecule has 0 atom stereocenters. The fraction of sp³-hybridized carbons (Fsp3) is 0.143. The van der Waals surface area contributed by atoms with E-state index >= 15 is 0 Å². The Morgan fingerprint density at radius 2 is 2.00 bits per heavy atom. The Morgan fingerprint density at radius 3 is 2.36 bits per heavy atom. The lowest BCUT2D eigenvalue weighted by Crippen LogP contribution is -2.05. The van der Waals surface area contributed by atoms with Crippen molar-refractivity contribution in [2.24, 2.45) is 0 Å². The number of nitrogen functional groups attached to an aromatic ring is 1. The predicted octanol–water partition coefficient (Wildman–Crippen LogP) is 0.502. The molecule has 1 rings (SSSR count). The van der Waals surface area contributed by atoms with Crippen LogP contribution in [0.1, 0.15) is 0 Å². The van der Waals surface area contributed by atoms with Crippen LogP contribution in [0.25, 0.3) is 0 Å². The SMILES string of the molecule is COc1ccc(P(=O)(O)O)cc1N.Cl. The van der Waals surface area contributed by atoms with Crippen LogP contribution in [0.2, 0.25) is 0 Å². The Kier molecular flexibility index (Phi) is 4.42. The Bertz CT molecular complexity index is 365. The number of hydrogen-bond acceptors (Lipinski definition) is 3. The van der Waals surface area contributed by atoms with Crippen LogP contribution in [0, 0.1) is 0 Å². The average Bonchev–Trinajstić information content (AvgIpc) is 2.02. The molecule has 0 heterocycles. The first-order chi connectivity index (χ1) is 5.95. The van der Waals surface area contributed by atoms with Gasteiger partial charge in [-0.05, 0) is 18.2 Å². The maximum Gasteiger partial charge on any atom is 0.356 e. The maximum atomic E-state index is 10.8. The van der Waals surface area contributed by atoms with Crippen molar-refractivity contribution in [2.75, 3.05) is 12.8 Å². The third-order valence-electron chi connectivity index (χ3n) is 1.55. The van der Waals surface area contributed by atoms with Gasteiger partial charge in [-0.2, -0.15) is 0 Å². The summed E-state index contributed by atoms with van der Waals surface area (Å²) in [6, 6.07) is 3.92. The van der Waals surface area contributed by atoms with E-state index in [1.807, 2.05) is 0 Å². The summed E-state index contributed by atoms with van der Waals surface area (Å²) in [4.78, 5) is 17.6. The fourth-order valence-corrected chi connectivity index (χ4v) is 1.48. The van der Waals surface area contributed by atoms with Gasteiger partial charge in [0.15, 0.2) is 0 Å². The summed E-state index contributed by atoms with van der Waals surface area (Å²) >= 11 is 0. The lowest BCUT2D eigenvalue weighted by molar-refractivity contribution is 0.387. The van der Waals surface area contributed by atoms with E-state index in [0.717, 1.165) is 0 Å². The van der Waals surface area contributed by atoms with Crippen LogP contribution in [0.5, 0.6) is 5.75 Å². The molecule has 0 saturated carbocycles. The Morgan fingerprint density at radius 1 is 1.43 bits per heavy atom. The Labute approximate surface area is 87.5 Å². The normalized spacial score (nSPS) is 10.5. The van der Waals surface area contributed by atoms with Gasteiger partial charge in [0.1, 0.15) is 5.75 Å². The molecule has 0 aliphatic heterocycles. The maximum absolute atomic E-state index is 10.8. The highest BCUT2D eigenvalue weighted by molar-refractivity contribution is 7.60. The molecule has 5 nitrogen and oxygen atoms in total. The highest BCUT2D eigenvalue weighted by Crippen LogP contribution is 2.35. The minimum Gasteiger partial charge on any atom is -0.495 e. The summed E-state index contributed by atoms with van der Waals surface area (Å²) < 4.78 is 15.6. The first-order valence-electron chi connectivity index (χ1n) is 3.45. The number of halogens is 1. The van der Waals surface area contributed by atoms with E-state index in [2.05, 4.69) is 0 Å². The van der Waals surface area contributed by atoms with Crippen LogP contribution in [0.15, 0.2) is 18.2 Å². The van der Waals surface area contributed by atoms with E-state index in [0.29, 0.717) is 5.75 Å². The number of benzene rings is 1. The van der Waals surface area contributed by atoms with Crippen molar-refractivity contribution in [3.63, 3.8) is 0 Å². The summed E-state index contributed by atoms with van der Waals surface area (Å²) in [6.45, 7) is 0. The largest absolute Gasteiger partial charge is 0.495 e. The van der Waals surface area contributed by atoms with Gasteiger partial charge in [0.2, 0.25) is 0 Å². The van der Waals surface area contributed by atoms with Gasteiger partial charge in [0.05, 0.1) is 18.1 Å². The van der Waals surface area contributed by atoms with E-state index in [1.165, 1.54) is 25.3 Å². The molecule has 1 aromatic rings. The number of anilines is 1. The predicted molar refractivity (Wildman–Crippen MR) is 56.3 cm³/mol. The summed E-state index contributed by atoms with van der Waals surface area (Å²) in [5, 5.41) is -0.106. The number of rotatable bonds is 2. The molecule has 14 heavy (non-hydrogen) atoms. The van der Waals surface area contributed by atoms with Crippen molar-refractivity contribution in [1.82, 2.24) is 0 Å². The minimum atomic E-state index is -4.21. The van der Waals surface area contributed by atoms with Gasteiger partial charge >= 0.3 is 7.60 Å². The first kappa shape index (κ1) is 13.3. The van der Waals surface area contributed by atoms with Crippen LogP contribution in [0.4, 0.5) is 5.69 Å². The lowest BCUT2D eigenvalue weighted by atomic mass is 10.3. The van der Waals surface area contributed by atoms with Crippen molar-refractivity contribution in [2.45, 2.75) is 0 Å². The van der Waals surface area contributed by atoms with Crippen LogP contribution < -0.4 is 15.8 Å². The lowest BCUT2D eigenvalue weighted by Gasteiger charge is -2.07. The third kappa shape index (κ3) is 2.89. The van der Waals surface area contributed by atoms with Crippen molar-refractivity contribution in [3.05, 3.63) is 18.2 Å². The molecule has 80 valence electrons. The molecule has 0 aromatic heterocycles. The molecular weight excluding hydrogens is 229 g/mol. The quantitative estimate of drug-likeness (QED) is 0.516. The van der Waals surface area contributed by atoms with Crippen molar-refractivity contribution >= 4 is 31.0 Å². The topological polar surface area (TPSA) is 92.8 Å². The van der Waals surface area contributed by atoms with E-state index in [1.54, 1.807) is 0 Å². The number of methoxy groups -OCH3 is 1. The molecule has 0 radical (unpaired) electrons. The van der Waals surface area contributed by atoms with Gasteiger partial charge in [-0.3, -0.25) is 4.57 Å². The third-order valence-corrected chi connectivity index (χ3v) is 2.50. The molecule has 0 amide bonds. The summed E-state index contributed by atoms with van der Waals surface area (Å²) in [6.07, 6.45) is 0. The molecule has 7 heteroatoms. The van der Waals surface area contributed by atoms with Crippen LogP contribution in [-0.4, -0.2) is 16.9 Å². The zero-order valence-corrected chi connectivity index (χ0v) is 9.09. The van der Waals surface area contributed by atoms with Crippen molar-refractivity contribution in [1.29, 1.82) is 0 Å². The molecule has 0 saturated heterocycles. The van der Waals surface area contributed by atoms with E-state index in [-0.39, 0.29) is 23.4 Å². The zero-order valence-electron chi connectivity index (χ0n) is 7.38. The molecule has 0 aliphatic carbocycles. The second-order valence-electron chi connectivity index (χ2n) is 2.47. The van der Waals surface area contributed by atoms with Gasteiger partial charge in [-0.1, -0.05) is 0 Å². The van der Waals surface area contributed by atoms with Gasteiger partial charge in [0, 0.05) is 0 Å². The van der Waals surface area contributed by atoms with Crippen molar-refractivity contribution < 1.29 is 19.1 Å². The number of hydrogen-bond donors (Lipinski definition) is 3. The van der Waals surface area contributed by atoms with Gasteiger partial charge < -0.3 is 20.3 Å². The zero-order chi connectivity index (χ0) is 10.1. The molecule has 1 aromatic carbocycles. The van der Waals surface area contributed by atoms with Gasteiger partial charge in [-0.15, -0.1) is 12.4 Å². The molecule has 4 N–H and O–H groups in total. The van der Waals surface area contributed by atoms with Crippen molar-refractivity contribution in [3.8, 4) is 5.75 Å². The highest BCUT2D eigenvalue weighted by Gasteiger charge is 2.17. The van der Waals surface area contributed by atoms with Crippen LogP contribution in [0.3, 0.4) is 0 Å². The number of ether oxygens (including phenoxy) is 1. The smallest absolute Gasteiger partial charge is 0.356 e. The van der Waals surface area contributed by atoms with E-state index in [9.17, 15) is 4.57 Å². The summed E-state index contributed by atoms with van der Waals surface area (Å²) in [7, 11) is -2.78. The van der Waals surface area contributed by atoms with E-state index in [4.69, 9.17) is 20.3 Å². The van der Waals surface area contributed by atoms with E-state index < -0.39 is 7.60 Å². The molecular formula is C7H11ClNO4P. The summed E-state index contributed by atoms with van der Waals surface area (Å²) in [5.74, 6) is 0.400. The monoisotopic (exact) mass is 239 g/mol. The van der Waals surface area contributed by atoms with Crippen LogP contribution in [-0.2, 0) is 4.57 Å². The number of nitrogens with two attached hydrogens (primary N) is 1. The minimum absolute atomic E-state index is 0. The molecule has 0 fully saturated rings. The molecule has 0 spiro atoms. The summed E-state index contributed by atoms with van der Waals surface area (Å²) in [5.41, 5.74) is 5.67. The average molecular weight is 240 g/mol. The molecule has 0 bridgehead atoms. The second kappa shape index (κ2) is 4.66. The van der Waals surface area contributed by atoms with Crippen LogP contribution >= 0.6 is 20.0 Å². The molecule has 0 unspecified atom stereocenters. The Hall–Kier alpha value is -0.740. The highest BCUT2D eigenvalue weighted by atomic mass is 35.5. The first-order valence-corrected chi connectivity index (χ1v) is 5.06. The van der Waals surface area contributed by atoms with Gasteiger partial charge in [-0.25, -0.2) is 0 Å². The fourth-order valence-electron chi connectivity index (χ4n) is 0.903. The Balaban J connectivity index is 0.00000169. The molecule has 0 aliphatic rings. The van der Waals surface area contributed by atoms with Gasteiger partial charge in [0.25, 0.3) is 0 Å². The standard InChI is InChI=1S/C7H10NO4P.ClH/c1-12-7-3-2-5(4-6(7)8)13(9,10)11;/h2-4H,8H2,1H3,(H2,9,10,11);1H.